The lowest BCUT2D eigenvalue weighted by Gasteiger charge is -2.23. The maximum atomic E-state index is 13.5. The Balaban J connectivity index is 0.00000353. The zero-order valence-corrected chi connectivity index (χ0v) is 23.6. The van der Waals surface area contributed by atoms with Crippen molar-refractivity contribution in [2.75, 3.05) is 19.6 Å². The van der Waals surface area contributed by atoms with Gasteiger partial charge in [0.05, 0.1) is 21.2 Å². The van der Waals surface area contributed by atoms with Crippen LogP contribution in [0.2, 0.25) is 10.0 Å². The van der Waals surface area contributed by atoms with Gasteiger partial charge in [0.1, 0.15) is 0 Å². The number of carboxylic acid groups (broad SMARTS) is 1. The van der Waals surface area contributed by atoms with E-state index in [1.807, 2.05) is 24.3 Å². The highest BCUT2D eigenvalue weighted by Crippen LogP contribution is 2.35. The standard InChI is InChI=1S/C31H28Cl2N2O3.ClH/c1-19(23-13-7-11-20-10-5-6-12-24(20)23)34-16-22-17-35(18-27(22)21-8-3-2-4-9-21)30(36)25-14-29(33)26(31(37)38)15-28(25)32;/h2-15,19,22,27,34H,16-18H2,1H3,(H,37,38);1H/t19-,22-,27-;/m1./s1. The Hall–Kier alpha value is -3.09. The second-order valence-corrected chi connectivity index (χ2v) is 10.6. The molecule has 0 unspecified atom stereocenters. The first-order valence-corrected chi connectivity index (χ1v) is 13.4. The summed E-state index contributed by atoms with van der Waals surface area (Å²) in [5.41, 5.74) is 2.51. The first-order chi connectivity index (χ1) is 18.3. The summed E-state index contributed by atoms with van der Waals surface area (Å²) in [5, 5.41) is 15.6. The van der Waals surface area contributed by atoms with Crippen LogP contribution in [0.5, 0.6) is 0 Å². The fourth-order valence-corrected chi connectivity index (χ4v) is 5.92. The van der Waals surface area contributed by atoms with E-state index in [-0.39, 0.29) is 57.4 Å². The number of fused-ring (bicyclic) bond motifs is 1. The van der Waals surface area contributed by atoms with Crippen molar-refractivity contribution in [2.45, 2.75) is 18.9 Å². The molecule has 1 amide bonds. The molecule has 1 aliphatic rings. The Labute approximate surface area is 244 Å². The largest absolute Gasteiger partial charge is 0.478 e. The van der Waals surface area contributed by atoms with Crippen LogP contribution in [0.1, 0.15) is 50.7 Å². The number of amides is 1. The number of likely N-dealkylation sites (tertiary alicyclic amines) is 1. The quantitative estimate of drug-likeness (QED) is 0.237. The molecule has 1 saturated heterocycles. The van der Waals surface area contributed by atoms with Crippen LogP contribution in [0.3, 0.4) is 0 Å². The first-order valence-electron chi connectivity index (χ1n) is 12.6. The number of halogens is 3. The van der Waals surface area contributed by atoms with Gasteiger partial charge in [-0.05, 0) is 46.9 Å². The van der Waals surface area contributed by atoms with Gasteiger partial charge < -0.3 is 15.3 Å². The fourth-order valence-electron chi connectivity index (χ4n) is 5.43. The van der Waals surface area contributed by atoms with Crippen molar-refractivity contribution in [3.8, 4) is 0 Å². The van der Waals surface area contributed by atoms with E-state index < -0.39 is 5.97 Å². The molecule has 5 nitrogen and oxygen atoms in total. The van der Waals surface area contributed by atoms with E-state index in [9.17, 15) is 14.7 Å². The molecule has 0 radical (unpaired) electrons. The number of nitrogens with one attached hydrogen (secondary N) is 1. The van der Waals surface area contributed by atoms with E-state index in [4.69, 9.17) is 23.2 Å². The summed E-state index contributed by atoms with van der Waals surface area (Å²) < 4.78 is 0. The highest BCUT2D eigenvalue weighted by molar-refractivity contribution is 6.37. The van der Waals surface area contributed by atoms with E-state index in [1.54, 1.807) is 4.90 Å². The van der Waals surface area contributed by atoms with Gasteiger partial charge in [0.25, 0.3) is 5.91 Å². The minimum absolute atomic E-state index is 0. The molecule has 39 heavy (non-hydrogen) atoms. The van der Waals surface area contributed by atoms with Crippen LogP contribution in [0.15, 0.2) is 84.9 Å². The van der Waals surface area contributed by atoms with Gasteiger partial charge in [0, 0.05) is 31.6 Å². The van der Waals surface area contributed by atoms with Crippen molar-refractivity contribution in [1.82, 2.24) is 10.2 Å². The molecule has 0 spiro atoms. The molecule has 1 heterocycles. The number of carbonyl (C=O) groups is 2. The van der Waals surface area contributed by atoms with Gasteiger partial charge in [-0.3, -0.25) is 4.79 Å². The third kappa shape index (κ3) is 6.07. The van der Waals surface area contributed by atoms with E-state index in [0.717, 1.165) is 6.54 Å². The molecule has 0 bridgehead atoms. The van der Waals surface area contributed by atoms with Gasteiger partial charge in [-0.15, -0.1) is 12.4 Å². The minimum Gasteiger partial charge on any atom is -0.478 e. The lowest BCUT2D eigenvalue weighted by Crippen LogP contribution is -2.32. The van der Waals surface area contributed by atoms with Crippen molar-refractivity contribution in [3.05, 3.63) is 117 Å². The summed E-state index contributed by atoms with van der Waals surface area (Å²) in [7, 11) is 0. The second kappa shape index (κ2) is 12.4. The number of rotatable bonds is 7. The fraction of sp³-hybridized carbons (Fsp3) is 0.226. The van der Waals surface area contributed by atoms with E-state index >= 15 is 0 Å². The van der Waals surface area contributed by atoms with Gasteiger partial charge in [-0.25, -0.2) is 4.79 Å². The first kappa shape index (κ1) is 28.9. The second-order valence-electron chi connectivity index (χ2n) is 9.80. The van der Waals surface area contributed by atoms with Gasteiger partial charge in [-0.1, -0.05) is 96.0 Å². The predicted molar refractivity (Wildman–Crippen MR) is 160 cm³/mol. The molecule has 1 fully saturated rings. The van der Waals surface area contributed by atoms with Gasteiger partial charge in [0.2, 0.25) is 0 Å². The third-order valence-corrected chi connectivity index (χ3v) is 8.08. The third-order valence-electron chi connectivity index (χ3n) is 7.45. The van der Waals surface area contributed by atoms with Crippen LogP contribution in [0.25, 0.3) is 10.8 Å². The maximum Gasteiger partial charge on any atom is 0.337 e. The Morgan fingerprint density at radius 2 is 1.56 bits per heavy atom. The van der Waals surface area contributed by atoms with Crippen LogP contribution in [0, 0.1) is 5.92 Å². The summed E-state index contributed by atoms with van der Waals surface area (Å²) >= 11 is 12.5. The molecular formula is C31H29Cl3N2O3. The van der Waals surface area contributed by atoms with Crippen LogP contribution >= 0.6 is 35.6 Å². The normalized spacial score (nSPS) is 17.6. The molecule has 5 rings (SSSR count). The van der Waals surface area contributed by atoms with E-state index in [0.29, 0.717) is 13.1 Å². The Kier molecular flexibility index (Phi) is 9.19. The molecule has 4 aromatic carbocycles. The average Bonchev–Trinajstić information content (AvgIpc) is 3.36. The summed E-state index contributed by atoms with van der Waals surface area (Å²) in [5.74, 6) is -1.13. The Bertz CT molecular complexity index is 1490. The molecule has 2 N–H and O–H groups in total. The maximum absolute atomic E-state index is 13.5. The number of carboxylic acids is 1. The van der Waals surface area contributed by atoms with Crippen LogP contribution in [-0.2, 0) is 0 Å². The molecule has 4 aromatic rings. The van der Waals surface area contributed by atoms with Gasteiger partial charge >= 0.3 is 5.97 Å². The van der Waals surface area contributed by atoms with Crippen molar-refractivity contribution in [2.24, 2.45) is 5.92 Å². The number of nitrogens with zero attached hydrogens (tertiary/aromatic N) is 1. The van der Waals surface area contributed by atoms with Crippen molar-refractivity contribution >= 4 is 58.3 Å². The molecule has 0 saturated carbocycles. The van der Waals surface area contributed by atoms with Crippen LogP contribution in [0.4, 0.5) is 0 Å². The summed E-state index contributed by atoms with van der Waals surface area (Å²) in [6, 6.07) is 27.7. The number of hydrogen-bond donors (Lipinski definition) is 2. The number of hydrogen-bond acceptors (Lipinski definition) is 3. The van der Waals surface area contributed by atoms with Gasteiger partial charge in [-0.2, -0.15) is 0 Å². The lowest BCUT2D eigenvalue weighted by molar-refractivity contribution is 0.0695. The zero-order chi connectivity index (χ0) is 26.8. The number of aromatic carboxylic acids is 1. The number of carbonyl (C=O) groups excluding carboxylic acids is 1. The Morgan fingerprint density at radius 1 is 0.923 bits per heavy atom. The Morgan fingerprint density at radius 3 is 2.31 bits per heavy atom. The molecular weight excluding hydrogens is 555 g/mol. The highest BCUT2D eigenvalue weighted by Gasteiger charge is 2.37. The predicted octanol–water partition coefficient (Wildman–Crippen LogP) is 7.47. The number of benzene rings is 4. The molecule has 0 aromatic heterocycles. The molecule has 1 aliphatic heterocycles. The summed E-state index contributed by atoms with van der Waals surface area (Å²) in [4.78, 5) is 26.8. The smallest absolute Gasteiger partial charge is 0.337 e. The SMILES string of the molecule is C[C@@H](NC[C@@H]1CN(C(=O)c2cc(Cl)c(C(=O)O)cc2Cl)C[C@@H]1c1ccccc1)c1cccc2ccccc12.Cl. The topological polar surface area (TPSA) is 69.6 Å². The van der Waals surface area contributed by atoms with Gasteiger partial charge in [0.15, 0.2) is 0 Å². The van der Waals surface area contributed by atoms with E-state index in [2.05, 4.69) is 60.8 Å². The van der Waals surface area contributed by atoms with Crippen molar-refractivity contribution in [1.29, 1.82) is 0 Å². The summed E-state index contributed by atoms with van der Waals surface area (Å²) in [6.45, 7) is 3.97. The molecule has 3 atom stereocenters. The highest BCUT2D eigenvalue weighted by atomic mass is 35.5. The van der Waals surface area contributed by atoms with Crippen LogP contribution < -0.4 is 5.32 Å². The van der Waals surface area contributed by atoms with E-state index in [1.165, 1.54) is 34.0 Å². The molecule has 0 aliphatic carbocycles. The van der Waals surface area contributed by atoms with Crippen LogP contribution in [-0.4, -0.2) is 41.5 Å². The van der Waals surface area contributed by atoms with Crippen molar-refractivity contribution in [3.63, 3.8) is 0 Å². The summed E-state index contributed by atoms with van der Waals surface area (Å²) in [6.07, 6.45) is 0. The zero-order valence-electron chi connectivity index (χ0n) is 21.3. The lowest BCUT2D eigenvalue weighted by atomic mass is 9.88. The molecule has 202 valence electrons. The monoisotopic (exact) mass is 582 g/mol. The van der Waals surface area contributed by atoms with Crippen molar-refractivity contribution < 1.29 is 14.7 Å². The minimum atomic E-state index is -1.19. The molecule has 8 heteroatoms. The average molecular weight is 584 g/mol.